The lowest BCUT2D eigenvalue weighted by atomic mass is 10.1. The van der Waals surface area contributed by atoms with Crippen molar-refractivity contribution in [1.29, 1.82) is 0 Å². The van der Waals surface area contributed by atoms with Crippen molar-refractivity contribution in [2.75, 3.05) is 26.7 Å². The smallest absolute Gasteiger partial charge is 0.227 e. The molecule has 1 heterocycles. The standard InChI is InChI=1S/C19H28N2O3/c1-4-10-20(11-5-2)19(23)16-12-18(22)21(14-16)13-15-6-8-17(24-3)9-7-15/h6-9,16H,4-5,10-14H2,1-3H3/t16-/m1/s1. The first-order valence-electron chi connectivity index (χ1n) is 8.78. The third kappa shape index (κ3) is 4.49. The molecule has 1 saturated heterocycles. The second-order valence-corrected chi connectivity index (χ2v) is 6.35. The van der Waals surface area contributed by atoms with Crippen LogP contribution in [0.3, 0.4) is 0 Å². The van der Waals surface area contributed by atoms with Crippen LogP contribution < -0.4 is 4.74 Å². The molecule has 24 heavy (non-hydrogen) atoms. The Balaban J connectivity index is 1.97. The third-order valence-electron chi connectivity index (χ3n) is 4.39. The van der Waals surface area contributed by atoms with Gasteiger partial charge >= 0.3 is 0 Å². The molecule has 5 nitrogen and oxygen atoms in total. The average Bonchev–Trinajstić information content (AvgIpc) is 2.95. The molecule has 1 aromatic rings. The topological polar surface area (TPSA) is 49.9 Å². The van der Waals surface area contributed by atoms with Gasteiger partial charge in [-0.25, -0.2) is 0 Å². The van der Waals surface area contributed by atoms with Crippen LogP contribution in [0.5, 0.6) is 5.75 Å². The lowest BCUT2D eigenvalue weighted by Crippen LogP contribution is -2.38. The van der Waals surface area contributed by atoms with Gasteiger partial charge in [-0.15, -0.1) is 0 Å². The van der Waals surface area contributed by atoms with Gasteiger partial charge in [-0.1, -0.05) is 26.0 Å². The summed E-state index contributed by atoms with van der Waals surface area (Å²) in [5.74, 6) is 0.796. The van der Waals surface area contributed by atoms with E-state index in [0.29, 0.717) is 19.5 Å². The van der Waals surface area contributed by atoms with Gasteiger partial charge in [-0.3, -0.25) is 9.59 Å². The Bertz CT molecular complexity index is 550. The van der Waals surface area contributed by atoms with E-state index >= 15 is 0 Å². The quantitative estimate of drug-likeness (QED) is 0.735. The molecule has 1 aliphatic rings. The SMILES string of the molecule is CCCN(CCC)C(=O)[C@@H]1CC(=O)N(Cc2ccc(OC)cc2)C1. The van der Waals surface area contributed by atoms with E-state index in [2.05, 4.69) is 13.8 Å². The zero-order valence-electron chi connectivity index (χ0n) is 15.0. The first-order chi connectivity index (χ1) is 11.6. The lowest BCUT2D eigenvalue weighted by molar-refractivity contribution is -0.136. The molecule has 0 spiro atoms. The van der Waals surface area contributed by atoms with Crippen molar-refractivity contribution in [3.05, 3.63) is 29.8 Å². The number of rotatable bonds is 8. The predicted octanol–water partition coefficient (Wildman–Crippen LogP) is 2.69. The minimum absolute atomic E-state index is 0.0668. The highest BCUT2D eigenvalue weighted by atomic mass is 16.5. The summed E-state index contributed by atoms with van der Waals surface area (Å²) >= 11 is 0. The van der Waals surface area contributed by atoms with Gasteiger partial charge in [0, 0.05) is 32.6 Å². The molecule has 0 unspecified atom stereocenters. The first-order valence-corrected chi connectivity index (χ1v) is 8.78. The molecule has 0 aromatic heterocycles. The summed E-state index contributed by atoms with van der Waals surface area (Å²) in [4.78, 5) is 28.7. The highest BCUT2D eigenvalue weighted by molar-refractivity contribution is 5.89. The number of nitrogens with zero attached hydrogens (tertiary/aromatic N) is 2. The zero-order valence-corrected chi connectivity index (χ0v) is 15.0. The fourth-order valence-corrected chi connectivity index (χ4v) is 3.17. The number of hydrogen-bond acceptors (Lipinski definition) is 3. The number of likely N-dealkylation sites (tertiary alicyclic amines) is 1. The van der Waals surface area contributed by atoms with E-state index < -0.39 is 0 Å². The van der Waals surface area contributed by atoms with Gasteiger partial charge in [-0.2, -0.15) is 0 Å². The van der Waals surface area contributed by atoms with Gasteiger partial charge in [0.2, 0.25) is 11.8 Å². The molecule has 2 amide bonds. The van der Waals surface area contributed by atoms with E-state index in [1.54, 1.807) is 12.0 Å². The maximum atomic E-state index is 12.7. The van der Waals surface area contributed by atoms with Crippen LogP contribution in [0.15, 0.2) is 24.3 Å². The van der Waals surface area contributed by atoms with Crippen LogP contribution in [0.1, 0.15) is 38.7 Å². The van der Waals surface area contributed by atoms with Crippen LogP contribution in [0.25, 0.3) is 0 Å². The second-order valence-electron chi connectivity index (χ2n) is 6.35. The number of ether oxygens (including phenoxy) is 1. The Morgan fingerprint density at radius 3 is 2.38 bits per heavy atom. The Morgan fingerprint density at radius 1 is 1.21 bits per heavy atom. The number of benzene rings is 1. The summed E-state index contributed by atoms with van der Waals surface area (Å²) in [5, 5.41) is 0. The molecule has 5 heteroatoms. The van der Waals surface area contributed by atoms with Crippen molar-refractivity contribution < 1.29 is 14.3 Å². The van der Waals surface area contributed by atoms with Gasteiger partial charge in [0.1, 0.15) is 5.75 Å². The van der Waals surface area contributed by atoms with Crippen molar-refractivity contribution in [3.63, 3.8) is 0 Å². The van der Waals surface area contributed by atoms with Crippen LogP contribution in [0, 0.1) is 5.92 Å². The molecular formula is C19H28N2O3. The van der Waals surface area contributed by atoms with Gasteiger partial charge < -0.3 is 14.5 Å². The van der Waals surface area contributed by atoms with E-state index in [1.807, 2.05) is 29.2 Å². The molecule has 1 aliphatic heterocycles. The Hall–Kier alpha value is -2.04. The van der Waals surface area contributed by atoms with Gasteiger partial charge in [0.15, 0.2) is 0 Å². The summed E-state index contributed by atoms with van der Waals surface area (Å²) in [6.07, 6.45) is 2.23. The highest BCUT2D eigenvalue weighted by Gasteiger charge is 2.36. The van der Waals surface area contributed by atoms with Crippen LogP contribution >= 0.6 is 0 Å². The van der Waals surface area contributed by atoms with Gasteiger partial charge in [0.25, 0.3) is 0 Å². The Kier molecular flexibility index (Phi) is 6.64. The van der Waals surface area contributed by atoms with Crippen LogP contribution in [-0.4, -0.2) is 48.4 Å². The van der Waals surface area contributed by atoms with E-state index in [-0.39, 0.29) is 17.7 Å². The molecular weight excluding hydrogens is 304 g/mol. The van der Waals surface area contributed by atoms with Crippen molar-refractivity contribution in [3.8, 4) is 5.75 Å². The normalized spacial score (nSPS) is 17.2. The largest absolute Gasteiger partial charge is 0.497 e. The maximum Gasteiger partial charge on any atom is 0.227 e. The maximum absolute atomic E-state index is 12.7. The van der Waals surface area contributed by atoms with Crippen molar-refractivity contribution >= 4 is 11.8 Å². The van der Waals surface area contributed by atoms with E-state index in [9.17, 15) is 9.59 Å². The summed E-state index contributed by atoms with van der Waals surface area (Å²) in [5.41, 5.74) is 1.05. The Morgan fingerprint density at radius 2 is 1.83 bits per heavy atom. The first kappa shape index (κ1) is 18.3. The number of carbonyl (C=O) groups is 2. The molecule has 0 bridgehead atoms. The van der Waals surface area contributed by atoms with Crippen molar-refractivity contribution in [2.45, 2.75) is 39.7 Å². The fraction of sp³-hybridized carbons (Fsp3) is 0.579. The average molecular weight is 332 g/mol. The van der Waals surface area contributed by atoms with Crippen LogP contribution in [-0.2, 0) is 16.1 Å². The molecule has 2 rings (SSSR count). The second kappa shape index (κ2) is 8.71. The van der Waals surface area contributed by atoms with E-state index in [1.165, 1.54) is 0 Å². The minimum atomic E-state index is -0.200. The van der Waals surface area contributed by atoms with E-state index in [0.717, 1.165) is 37.2 Å². The Labute approximate surface area is 144 Å². The van der Waals surface area contributed by atoms with Gasteiger partial charge in [0.05, 0.1) is 13.0 Å². The molecule has 0 saturated carbocycles. The molecule has 0 N–H and O–H groups in total. The summed E-state index contributed by atoms with van der Waals surface area (Å²) in [6.45, 7) is 6.77. The number of carbonyl (C=O) groups excluding carboxylic acids is 2. The lowest BCUT2D eigenvalue weighted by Gasteiger charge is -2.24. The molecule has 1 fully saturated rings. The number of hydrogen-bond donors (Lipinski definition) is 0. The molecule has 0 aliphatic carbocycles. The monoisotopic (exact) mass is 332 g/mol. The highest BCUT2D eigenvalue weighted by Crippen LogP contribution is 2.23. The third-order valence-corrected chi connectivity index (χ3v) is 4.39. The summed E-state index contributed by atoms with van der Waals surface area (Å²) < 4.78 is 5.15. The van der Waals surface area contributed by atoms with Crippen LogP contribution in [0.2, 0.25) is 0 Å². The zero-order chi connectivity index (χ0) is 17.5. The van der Waals surface area contributed by atoms with Gasteiger partial charge in [-0.05, 0) is 30.5 Å². The molecule has 132 valence electrons. The molecule has 1 aromatic carbocycles. The minimum Gasteiger partial charge on any atom is -0.497 e. The van der Waals surface area contributed by atoms with Crippen LogP contribution in [0.4, 0.5) is 0 Å². The van der Waals surface area contributed by atoms with E-state index in [4.69, 9.17) is 4.74 Å². The summed E-state index contributed by atoms with van der Waals surface area (Å²) in [6, 6.07) is 7.70. The predicted molar refractivity (Wildman–Crippen MR) is 93.7 cm³/mol. The fourth-order valence-electron chi connectivity index (χ4n) is 3.17. The van der Waals surface area contributed by atoms with Crippen molar-refractivity contribution in [1.82, 2.24) is 9.80 Å². The number of methoxy groups -OCH3 is 1. The summed E-state index contributed by atoms with van der Waals surface area (Å²) in [7, 11) is 1.63. The molecule has 1 atom stereocenters. The number of amides is 2. The molecule has 0 radical (unpaired) electrons. The van der Waals surface area contributed by atoms with Crippen molar-refractivity contribution in [2.24, 2.45) is 5.92 Å².